The number of aliphatic hydroxyl groups excluding tert-OH is 1. The Bertz CT molecular complexity index is 545. The van der Waals surface area contributed by atoms with Crippen LogP contribution in [0.15, 0.2) is 48.6 Å². The molecule has 0 unspecified atom stereocenters. The van der Waals surface area contributed by atoms with Crippen molar-refractivity contribution in [3.05, 3.63) is 54.1 Å². The molecule has 1 aromatic carbocycles. The molecule has 2 rings (SSSR count). The van der Waals surface area contributed by atoms with Crippen molar-refractivity contribution in [1.29, 1.82) is 0 Å². The van der Waals surface area contributed by atoms with Gasteiger partial charge in [0, 0.05) is 25.3 Å². The number of cyclic esters (lactones) is 1. The van der Waals surface area contributed by atoms with E-state index in [9.17, 15) is 14.7 Å². The Morgan fingerprint density at radius 3 is 2.86 bits per heavy atom. The number of rotatable bonds is 6. The highest BCUT2D eigenvalue weighted by Gasteiger charge is 2.20. The fourth-order valence-electron chi connectivity index (χ4n) is 2.15. The molecule has 0 fully saturated rings. The molecule has 0 saturated carbocycles. The van der Waals surface area contributed by atoms with Crippen LogP contribution >= 0.6 is 0 Å². The average molecular weight is 286 g/mol. The van der Waals surface area contributed by atoms with E-state index < -0.39 is 12.1 Å². The van der Waals surface area contributed by atoms with Crippen molar-refractivity contribution < 1.29 is 19.4 Å². The van der Waals surface area contributed by atoms with Crippen LogP contribution < -0.4 is 0 Å². The Balaban J connectivity index is 1.78. The summed E-state index contributed by atoms with van der Waals surface area (Å²) in [6.07, 6.45) is 6.02. The molecule has 1 heterocycles. The maximum absolute atomic E-state index is 11.8. The zero-order chi connectivity index (χ0) is 15.1. The molecule has 4 nitrogen and oxygen atoms in total. The van der Waals surface area contributed by atoms with Gasteiger partial charge in [-0.25, -0.2) is 4.79 Å². The van der Waals surface area contributed by atoms with Crippen LogP contribution in [0.25, 0.3) is 6.08 Å². The fourth-order valence-corrected chi connectivity index (χ4v) is 2.15. The molecule has 0 amide bonds. The van der Waals surface area contributed by atoms with Gasteiger partial charge in [0.15, 0.2) is 5.78 Å². The van der Waals surface area contributed by atoms with Crippen molar-refractivity contribution in [2.75, 3.05) is 0 Å². The van der Waals surface area contributed by atoms with Crippen LogP contribution in [0.4, 0.5) is 0 Å². The lowest BCUT2D eigenvalue weighted by Crippen LogP contribution is -2.26. The van der Waals surface area contributed by atoms with Crippen LogP contribution in [0, 0.1) is 0 Å². The van der Waals surface area contributed by atoms with E-state index in [0.717, 1.165) is 5.56 Å². The van der Waals surface area contributed by atoms with Gasteiger partial charge in [0.25, 0.3) is 0 Å². The van der Waals surface area contributed by atoms with E-state index in [1.165, 1.54) is 12.2 Å². The monoisotopic (exact) mass is 286 g/mol. The molecular formula is C17H18O4. The molecule has 21 heavy (non-hydrogen) atoms. The number of allylic oxidation sites excluding steroid dienone is 1. The molecule has 0 saturated heterocycles. The van der Waals surface area contributed by atoms with Crippen LogP contribution in [-0.4, -0.2) is 29.1 Å². The third-order valence-corrected chi connectivity index (χ3v) is 3.17. The number of benzene rings is 1. The van der Waals surface area contributed by atoms with Crippen molar-refractivity contribution in [2.45, 2.75) is 31.5 Å². The Labute approximate surface area is 123 Å². The molecule has 1 aliphatic heterocycles. The van der Waals surface area contributed by atoms with Gasteiger partial charge in [-0.2, -0.15) is 0 Å². The lowest BCUT2D eigenvalue weighted by Gasteiger charge is -2.20. The number of ether oxygens (including phenoxy) is 1. The molecule has 0 spiro atoms. The number of carbonyl (C=O) groups excluding carboxylic acids is 2. The third kappa shape index (κ3) is 5.36. The van der Waals surface area contributed by atoms with Crippen LogP contribution in [0.5, 0.6) is 0 Å². The topological polar surface area (TPSA) is 63.6 Å². The predicted octanol–water partition coefficient (Wildman–Crippen LogP) is 2.28. The van der Waals surface area contributed by atoms with Gasteiger partial charge in [0.1, 0.15) is 6.10 Å². The first-order valence-corrected chi connectivity index (χ1v) is 6.94. The summed E-state index contributed by atoms with van der Waals surface area (Å²) in [5.74, 6) is -0.544. The molecule has 110 valence electrons. The first-order chi connectivity index (χ1) is 10.1. The van der Waals surface area contributed by atoms with Gasteiger partial charge in [-0.05, 0) is 11.6 Å². The largest absolute Gasteiger partial charge is 0.459 e. The summed E-state index contributed by atoms with van der Waals surface area (Å²) in [4.78, 5) is 22.8. The van der Waals surface area contributed by atoms with Gasteiger partial charge in [-0.3, -0.25) is 4.79 Å². The molecule has 4 heteroatoms. The summed E-state index contributed by atoms with van der Waals surface area (Å²) in [6, 6.07) is 9.48. The number of hydrogen-bond donors (Lipinski definition) is 1. The maximum atomic E-state index is 11.8. The standard InChI is InChI=1S/C17H18O4/c18-14(10-9-13-5-2-1-3-6-13)11-15(19)12-16-7-4-8-17(20)21-16/h1-6,8-10,15-16,19H,7,11-12H2/b10-9+/t15-,16+/m1/s1. The van der Waals surface area contributed by atoms with Gasteiger partial charge in [0.2, 0.25) is 0 Å². The second-order valence-corrected chi connectivity index (χ2v) is 5.00. The summed E-state index contributed by atoms with van der Waals surface area (Å²) in [5.41, 5.74) is 0.937. The Morgan fingerprint density at radius 2 is 2.14 bits per heavy atom. The minimum absolute atomic E-state index is 0.0289. The van der Waals surface area contributed by atoms with Crippen molar-refractivity contribution in [1.82, 2.24) is 0 Å². The average Bonchev–Trinajstić information content (AvgIpc) is 2.46. The van der Waals surface area contributed by atoms with E-state index in [2.05, 4.69) is 0 Å². The lowest BCUT2D eigenvalue weighted by molar-refractivity contribution is -0.145. The second kappa shape index (κ2) is 7.55. The summed E-state index contributed by atoms with van der Waals surface area (Å²) in [5, 5.41) is 9.89. The van der Waals surface area contributed by atoms with Crippen LogP contribution in [0.2, 0.25) is 0 Å². The second-order valence-electron chi connectivity index (χ2n) is 5.00. The van der Waals surface area contributed by atoms with Gasteiger partial charge >= 0.3 is 5.97 Å². The van der Waals surface area contributed by atoms with E-state index in [-0.39, 0.29) is 24.7 Å². The molecule has 0 bridgehead atoms. The van der Waals surface area contributed by atoms with Crippen LogP contribution in [-0.2, 0) is 14.3 Å². The van der Waals surface area contributed by atoms with Crippen molar-refractivity contribution in [3.8, 4) is 0 Å². The minimum atomic E-state index is -0.803. The lowest BCUT2D eigenvalue weighted by atomic mass is 10.0. The summed E-state index contributed by atoms with van der Waals surface area (Å²) in [6.45, 7) is 0. The van der Waals surface area contributed by atoms with E-state index in [1.807, 2.05) is 30.3 Å². The van der Waals surface area contributed by atoms with E-state index in [0.29, 0.717) is 6.42 Å². The van der Waals surface area contributed by atoms with E-state index in [4.69, 9.17) is 4.74 Å². The molecule has 2 atom stereocenters. The molecule has 1 aliphatic rings. The number of esters is 1. The molecule has 0 aliphatic carbocycles. The smallest absolute Gasteiger partial charge is 0.330 e. The fraction of sp³-hybridized carbons (Fsp3) is 0.294. The Kier molecular flexibility index (Phi) is 5.46. The number of ketones is 1. The molecule has 0 aromatic heterocycles. The van der Waals surface area contributed by atoms with Gasteiger partial charge in [-0.1, -0.05) is 42.5 Å². The highest BCUT2D eigenvalue weighted by atomic mass is 16.5. The van der Waals surface area contributed by atoms with Gasteiger partial charge in [-0.15, -0.1) is 0 Å². The van der Waals surface area contributed by atoms with Crippen molar-refractivity contribution in [3.63, 3.8) is 0 Å². The maximum Gasteiger partial charge on any atom is 0.330 e. The minimum Gasteiger partial charge on any atom is -0.459 e. The first-order valence-electron chi connectivity index (χ1n) is 6.94. The number of carbonyl (C=O) groups is 2. The van der Waals surface area contributed by atoms with Crippen LogP contribution in [0.3, 0.4) is 0 Å². The third-order valence-electron chi connectivity index (χ3n) is 3.17. The Hall–Kier alpha value is -2.20. The zero-order valence-corrected chi connectivity index (χ0v) is 11.6. The van der Waals surface area contributed by atoms with Crippen molar-refractivity contribution in [2.24, 2.45) is 0 Å². The highest BCUT2D eigenvalue weighted by molar-refractivity contribution is 5.93. The van der Waals surface area contributed by atoms with E-state index in [1.54, 1.807) is 12.2 Å². The molecule has 1 N–H and O–H groups in total. The van der Waals surface area contributed by atoms with Gasteiger partial charge in [0.05, 0.1) is 6.10 Å². The Morgan fingerprint density at radius 1 is 1.38 bits per heavy atom. The predicted molar refractivity (Wildman–Crippen MR) is 79.4 cm³/mol. The number of hydrogen-bond acceptors (Lipinski definition) is 4. The summed E-state index contributed by atoms with van der Waals surface area (Å²) < 4.78 is 5.05. The normalized spacial score (nSPS) is 19.5. The van der Waals surface area contributed by atoms with E-state index >= 15 is 0 Å². The molecule has 0 radical (unpaired) electrons. The van der Waals surface area contributed by atoms with Crippen LogP contribution in [0.1, 0.15) is 24.8 Å². The first kappa shape index (κ1) is 15.2. The SMILES string of the molecule is O=C(/C=C/c1ccccc1)C[C@@H](O)C[C@@H]1CC=CC(=O)O1. The summed E-state index contributed by atoms with van der Waals surface area (Å²) >= 11 is 0. The summed E-state index contributed by atoms with van der Waals surface area (Å²) in [7, 11) is 0. The zero-order valence-electron chi connectivity index (χ0n) is 11.6. The number of aliphatic hydroxyl groups is 1. The highest BCUT2D eigenvalue weighted by Crippen LogP contribution is 2.15. The molecular weight excluding hydrogens is 268 g/mol. The quantitative estimate of drug-likeness (QED) is 0.643. The molecule has 1 aromatic rings. The van der Waals surface area contributed by atoms with Gasteiger partial charge < -0.3 is 9.84 Å². The van der Waals surface area contributed by atoms with Crippen molar-refractivity contribution >= 4 is 17.8 Å².